The summed E-state index contributed by atoms with van der Waals surface area (Å²) in [4.78, 5) is 41.5. The van der Waals surface area contributed by atoms with Gasteiger partial charge < -0.3 is 20.6 Å². The van der Waals surface area contributed by atoms with Crippen molar-refractivity contribution in [2.45, 2.75) is 41.8 Å². The van der Waals surface area contributed by atoms with Crippen molar-refractivity contribution >= 4 is 45.9 Å². The number of rotatable bonds is 5. The quantitative estimate of drug-likeness (QED) is 0.643. The predicted octanol–water partition coefficient (Wildman–Crippen LogP) is 2.00. The van der Waals surface area contributed by atoms with Crippen LogP contribution < -0.4 is 10.6 Å². The van der Waals surface area contributed by atoms with E-state index < -0.39 is 28.7 Å². The minimum absolute atomic E-state index is 0.0338. The highest BCUT2D eigenvalue weighted by molar-refractivity contribution is 8.02. The third-order valence-corrected chi connectivity index (χ3v) is 9.24. The Morgan fingerprint density at radius 2 is 1.97 bits per heavy atom. The molecule has 2 unspecified atom stereocenters. The average Bonchev–Trinajstić information content (AvgIpc) is 3.45. The Kier molecular flexibility index (Phi) is 5.17. The molecule has 6 atom stereocenters. The molecule has 3 heterocycles. The number of carbonyl (C=O) groups is 3. The maximum atomic E-state index is 13.7. The predicted molar refractivity (Wildman–Crippen MR) is 124 cm³/mol. The normalized spacial score (nSPS) is 31.6. The summed E-state index contributed by atoms with van der Waals surface area (Å²) in [7, 11) is 1.59. The zero-order chi connectivity index (χ0) is 22.6. The Morgan fingerprint density at radius 1 is 1.22 bits per heavy atom. The molecule has 5 rings (SSSR count). The Balaban J connectivity index is 1.52. The standard InChI is InChI=1S/C24H27N3O4S/c1-13(12-28)27-20(22(30)26-16-8-7-14-5-3-4-6-15(14)11-16)24-10-9-17(32-24)18(21(29)25-2)19(24)23(27)31/h3-8,11,13,17-20,28H,9-10,12H2,1-2H3,(H,25,29)(H,26,30)/t13-,17+,18-,19+,20?,24?/m1/s1. The smallest absolute Gasteiger partial charge is 0.248 e. The SMILES string of the molecule is CNC(=O)[C@@H]1[C@@H]2CCC3(S2)C(C(=O)Nc2ccc4ccccc4c2)N([C@H](C)CO)C(=O)[C@H]13. The van der Waals surface area contributed by atoms with Crippen molar-refractivity contribution in [3.8, 4) is 0 Å². The first-order chi connectivity index (χ1) is 15.4. The van der Waals surface area contributed by atoms with Gasteiger partial charge in [0.15, 0.2) is 0 Å². The molecule has 3 saturated heterocycles. The van der Waals surface area contributed by atoms with Gasteiger partial charge in [0.05, 0.1) is 29.2 Å². The van der Waals surface area contributed by atoms with Crippen LogP contribution in [0.4, 0.5) is 5.69 Å². The first-order valence-electron chi connectivity index (χ1n) is 11.0. The van der Waals surface area contributed by atoms with E-state index in [4.69, 9.17) is 0 Å². The molecule has 3 aliphatic rings. The first-order valence-corrected chi connectivity index (χ1v) is 11.9. The third-order valence-electron chi connectivity index (χ3n) is 7.29. The minimum atomic E-state index is -0.738. The van der Waals surface area contributed by atoms with Gasteiger partial charge in [-0.25, -0.2) is 0 Å². The summed E-state index contributed by atoms with van der Waals surface area (Å²) in [5.41, 5.74) is 0.665. The molecule has 8 heteroatoms. The van der Waals surface area contributed by atoms with E-state index in [9.17, 15) is 19.5 Å². The fourth-order valence-electron chi connectivity index (χ4n) is 5.90. The van der Waals surface area contributed by atoms with Crippen molar-refractivity contribution < 1.29 is 19.5 Å². The Labute approximate surface area is 190 Å². The van der Waals surface area contributed by atoms with Gasteiger partial charge in [0.25, 0.3) is 0 Å². The van der Waals surface area contributed by atoms with E-state index in [1.165, 1.54) is 4.90 Å². The summed E-state index contributed by atoms with van der Waals surface area (Å²) in [6.07, 6.45) is 1.50. The van der Waals surface area contributed by atoms with Crippen LogP contribution in [-0.2, 0) is 14.4 Å². The summed E-state index contributed by atoms with van der Waals surface area (Å²) in [6.45, 7) is 1.50. The van der Waals surface area contributed by atoms with E-state index in [2.05, 4.69) is 10.6 Å². The van der Waals surface area contributed by atoms with Crippen LogP contribution in [0.15, 0.2) is 42.5 Å². The number of amides is 3. The lowest BCUT2D eigenvalue weighted by Crippen LogP contribution is -2.54. The number of hydrogen-bond donors (Lipinski definition) is 3. The van der Waals surface area contributed by atoms with E-state index in [-0.39, 0.29) is 29.6 Å². The highest BCUT2D eigenvalue weighted by Gasteiger charge is 2.73. The maximum Gasteiger partial charge on any atom is 0.248 e. The summed E-state index contributed by atoms with van der Waals surface area (Å²) in [5, 5.41) is 17.7. The van der Waals surface area contributed by atoms with Gasteiger partial charge in [0.1, 0.15) is 6.04 Å². The van der Waals surface area contributed by atoms with Crippen LogP contribution in [0.3, 0.4) is 0 Å². The molecule has 3 aliphatic heterocycles. The number of benzene rings is 2. The zero-order valence-corrected chi connectivity index (χ0v) is 18.9. The van der Waals surface area contributed by atoms with Gasteiger partial charge in [-0.2, -0.15) is 0 Å². The maximum absolute atomic E-state index is 13.7. The zero-order valence-electron chi connectivity index (χ0n) is 18.1. The lowest BCUT2D eigenvalue weighted by atomic mass is 9.70. The number of nitrogens with zero attached hydrogens (tertiary/aromatic N) is 1. The van der Waals surface area contributed by atoms with E-state index in [0.717, 1.165) is 17.2 Å². The van der Waals surface area contributed by atoms with Crippen molar-refractivity contribution in [2.24, 2.45) is 11.8 Å². The highest BCUT2D eigenvalue weighted by Crippen LogP contribution is 2.66. The van der Waals surface area contributed by atoms with Gasteiger partial charge in [-0.1, -0.05) is 30.3 Å². The number of thioether (sulfide) groups is 1. The van der Waals surface area contributed by atoms with Crippen molar-refractivity contribution in [3.63, 3.8) is 0 Å². The third kappa shape index (κ3) is 2.96. The second kappa shape index (κ2) is 7.78. The van der Waals surface area contributed by atoms with E-state index in [1.807, 2.05) is 42.5 Å². The molecule has 0 radical (unpaired) electrons. The van der Waals surface area contributed by atoms with Gasteiger partial charge >= 0.3 is 0 Å². The lowest BCUT2D eigenvalue weighted by Gasteiger charge is -2.36. The first kappa shape index (κ1) is 21.3. The van der Waals surface area contributed by atoms with Crippen molar-refractivity contribution in [2.75, 3.05) is 19.0 Å². The lowest BCUT2D eigenvalue weighted by molar-refractivity contribution is -0.141. The molecule has 7 nitrogen and oxygen atoms in total. The van der Waals surface area contributed by atoms with Gasteiger partial charge in [-0.3, -0.25) is 14.4 Å². The van der Waals surface area contributed by atoms with Crippen LogP contribution in [0.5, 0.6) is 0 Å². The molecule has 2 aromatic carbocycles. The van der Waals surface area contributed by atoms with Crippen LogP contribution in [0.25, 0.3) is 10.8 Å². The minimum Gasteiger partial charge on any atom is -0.394 e. The molecule has 3 fully saturated rings. The molecule has 3 amide bonds. The summed E-state index contributed by atoms with van der Waals surface area (Å²) >= 11 is 1.62. The van der Waals surface area contributed by atoms with E-state index in [0.29, 0.717) is 12.1 Å². The number of likely N-dealkylation sites (tertiary alicyclic amines) is 1. The number of anilines is 1. The second-order valence-electron chi connectivity index (χ2n) is 9.00. The average molecular weight is 454 g/mol. The summed E-state index contributed by atoms with van der Waals surface area (Å²) in [5.74, 6) is -1.60. The fraction of sp³-hybridized carbons (Fsp3) is 0.458. The molecule has 32 heavy (non-hydrogen) atoms. The Hall–Kier alpha value is -2.58. The van der Waals surface area contributed by atoms with Crippen LogP contribution in [0.1, 0.15) is 19.8 Å². The number of fused-ring (bicyclic) bond motifs is 2. The molecule has 2 aromatic rings. The number of aliphatic hydroxyl groups is 1. The summed E-state index contributed by atoms with van der Waals surface area (Å²) in [6, 6.07) is 12.4. The van der Waals surface area contributed by atoms with Crippen LogP contribution in [-0.4, -0.2) is 63.5 Å². The van der Waals surface area contributed by atoms with Crippen LogP contribution in [0, 0.1) is 11.8 Å². The van der Waals surface area contributed by atoms with E-state index >= 15 is 0 Å². The van der Waals surface area contributed by atoms with Gasteiger partial charge in [-0.05, 0) is 42.7 Å². The monoisotopic (exact) mass is 453 g/mol. The van der Waals surface area contributed by atoms with Crippen LogP contribution in [0.2, 0.25) is 0 Å². The van der Waals surface area contributed by atoms with Crippen molar-refractivity contribution in [1.82, 2.24) is 10.2 Å². The number of carbonyl (C=O) groups excluding carboxylic acids is 3. The topological polar surface area (TPSA) is 98.7 Å². The largest absolute Gasteiger partial charge is 0.394 e. The molecule has 0 aliphatic carbocycles. The molecule has 3 N–H and O–H groups in total. The number of hydrogen-bond acceptors (Lipinski definition) is 5. The van der Waals surface area contributed by atoms with Gasteiger partial charge in [0, 0.05) is 18.0 Å². The molecule has 2 bridgehead atoms. The van der Waals surface area contributed by atoms with Gasteiger partial charge in [0.2, 0.25) is 17.7 Å². The Morgan fingerprint density at radius 3 is 2.69 bits per heavy atom. The molecule has 0 saturated carbocycles. The Bertz CT molecular complexity index is 1110. The van der Waals surface area contributed by atoms with Crippen molar-refractivity contribution in [1.29, 1.82) is 0 Å². The molecule has 168 valence electrons. The number of nitrogens with one attached hydrogen (secondary N) is 2. The second-order valence-corrected chi connectivity index (χ2v) is 10.6. The molecule has 0 aromatic heterocycles. The van der Waals surface area contributed by atoms with Gasteiger partial charge in [-0.15, -0.1) is 11.8 Å². The molecular formula is C24H27N3O4S. The highest BCUT2D eigenvalue weighted by atomic mass is 32.2. The molecular weight excluding hydrogens is 426 g/mol. The fourth-order valence-corrected chi connectivity index (χ4v) is 8.10. The summed E-state index contributed by atoms with van der Waals surface area (Å²) < 4.78 is -0.650. The van der Waals surface area contributed by atoms with Crippen LogP contribution >= 0.6 is 11.8 Å². The van der Waals surface area contributed by atoms with E-state index in [1.54, 1.807) is 25.7 Å². The molecule has 1 spiro atoms. The van der Waals surface area contributed by atoms with Crippen molar-refractivity contribution in [3.05, 3.63) is 42.5 Å². The number of aliphatic hydroxyl groups excluding tert-OH is 1.